The van der Waals surface area contributed by atoms with Crippen LogP contribution in [0.15, 0.2) is 12.2 Å². The monoisotopic (exact) mass is 1430 g/mol. The van der Waals surface area contributed by atoms with Gasteiger partial charge >= 0.3 is 173 Å². The fourth-order valence-electron chi connectivity index (χ4n) is 10.8. The number of hydrogen-bond donors (Lipinski definition) is 16. The van der Waals surface area contributed by atoms with Crippen LogP contribution in [0.5, 0.6) is 0 Å². The molecule has 0 unspecified atom stereocenters. The topological polar surface area (TPSA) is 506 Å². The minimum absolute atomic E-state index is 0.000577. The van der Waals surface area contributed by atoms with Crippen molar-refractivity contribution in [3.63, 3.8) is 0 Å². The van der Waals surface area contributed by atoms with E-state index in [0.29, 0.717) is 89.2 Å². The summed E-state index contributed by atoms with van der Waals surface area (Å²) in [4.78, 5) is 180. The van der Waals surface area contributed by atoms with E-state index >= 15 is 0 Å². The summed E-state index contributed by atoms with van der Waals surface area (Å²) in [6.07, 6.45) is 7.75. The minimum Gasteiger partial charge on any atom is -0.548 e. The third-order valence-corrected chi connectivity index (χ3v) is 18.1. The maximum absolute atomic E-state index is 14.8. The van der Waals surface area contributed by atoms with Gasteiger partial charge in [-0.25, -0.2) is 0 Å². The number of nitrogens with two attached hydrogens (primary N) is 1. The number of carboxylic acid groups (broad SMARTS) is 1. The van der Waals surface area contributed by atoms with Crippen LogP contribution in [-0.2, 0) is 62.3 Å². The first-order valence-corrected chi connectivity index (χ1v) is 37.2. The summed E-state index contributed by atoms with van der Waals surface area (Å²) in [6.45, 7) is 15.5. The molecule has 30 nitrogen and oxygen atoms in total. The van der Waals surface area contributed by atoms with E-state index in [9.17, 15) is 72.5 Å². The van der Waals surface area contributed by atoms with Gasteiger partial charge in [0.15, 0.2) is 0 Å². The number of aliphatic hydroxyl groups is 1. The zero-order valence-electron chi connectivity index (χ0n) is 58.7. The van der Waals surface area contributed by atoms with Gasteiger partial charge in [-0.1, -0.05) is 39.8 Å². The quantitative estimate of drug-likeness (QED) is 0.0158. The van der Waals surface area contributed by atoms with E-state index in [1.807, 2.05) is 26.6 Å². The van der Waals surface area contributed by atoms with Gasteiger partial charge in [-0.3, -0.25) is 38.4 Å². The first kappa shape index (κ1) is 87.2. The van der Waals surface area contributed by atoms with Gasteiger partial charge in [0.05, 0.1) is 38.3 Å². The fourth-order valence-corrected chi connectivity index (χ4v) is 11.8. The minimum atomic E-state index is -1.85. The normalized spacial score (nSPS) is 21.9. The second kappa shape index (κ2) is 46.4. The molecule has 31 heteroatoms. The summed E-state index contributed by atoms with van der Waals surface area (Å²) in [5, 5.41) is 53.4. The number of carbonyl (C=O) groups excluding carboxylic acids is 13. The Morgan fingerprint density at radius 3 is 1.69 bits per heavy atom. The van der Waals surface area contributed by atoms with Gasteiger partial charge in [0.25, 0.3) is 0 Å². The second-order valence-corrected chi connectivity index (χ2v) is 28.5. The van der Waals surface area contributed by atoms with E-state index in [0.717, 1.165) is 0 Å². The molecule has 548 valence electrons. The number of primary amides is 1. The van der Waals surface area contributed by atoms with Gasteiger partial charge < -0.3 is 75.2 Å². The van der Waals surface area contributed by atoms with Gasteiger partial charge in [0, 0.05) is 6.42 Å². The molecule has 1 aliphatic rings. The van der Waals surface area contributed by atoms with Gasteiger partial charge in [-0.15, -0.1) is 0 Å². The maximum atomic E-state index is 14.8. The van der Waals surface area contributed by atoms with E-state index in [4.69, 9.17) is 5.73 Å². The Kier molecular flexibility index (Phi) is 42.2. The molecule has 0 bridgehead atoms. The molecule has 1 rings (SSSR count). The van der Waals surface area contributed by atoms with Crippen LogP contribution < -0.4 is 86.5 Å². The Morgan fingerprint density at radius 1 is 0.635 bits per heavy atom. The van der Waals surface area contributed by atoms with E-state index < -0.39 is 155 Å². The number of allylic oxidation sites excluding steroid dienone is 2. The molecule has 0 saturated carbocycles. The summed E-state index contributed by atoms with van der Waals surface area (Å²) >= 11 is 0.204. The third-order valence-electron chi connectivity index (χ3n) is 16.8. The molecule has 1 aliphatic heterocycles. The molecule has 0 saturated heterocycles. The van der Waals surface area contributed by atoms with Gasteiger partial charge in [-0.2, -0.15) is 0 Å². The molecule has 12 atom stereocenters. The Bertz CT molecular complexity index is 2560. The molecule has 0 fully saturated rings. The molecule has 1 heterocycles. The Hall–Kier alpha value is -6.79. The van der Waals surface area contributed by atoms with Crippen molar-refractivity contribution in [2.45, 2.75) is 274 Å². The van der Waals surface area contributed by atoms with Crippen molar-refractivity contribution in [2.24, 2.45) is 23.5 Å². The standard InChI is InChI=1S/C65H117N15O15Se/c1-11-41(6)52(78-55(86)46(29-35-96-10)70-42(7)82)60(91)72-43(24-16-21-32-66)53(84)75-49(37-40(4)5)59(90)80-65(9)31-20-15-13-12-14-19-30-64(8,62(94)76-45(27-28-51(69)83)54(85)73-47(61(92)93)26-18-23-34-68)79-58(89)44(25-17-22-33-67)71-56(87)48(36-39(2)3)74-57(88)50(38-81)77-63(65)95/h12-13,39-41,43-50,52,81H,11,14-38,66-68H2,1-10H3,(H2,69,83)(H,70,82)(H,71,87)(H,72,91)(H,73,85)(H,74,88)(H,75,84)(H,76,94)(H,77,95)(H,78,86)(H,79,89)(H,80,90)(H,92,93)/p+2/b13-12-/t41-,43-,44-,45-,46-,47-,48-,49-,50-,52-,64-,65-/m0/s1. The van der Waals surface area contributed by atoms with E-state index in [1.165, 1.54) is 20.8 Å². The van der Waals surface area contributed by atoms with Crippen molar-refractivity contribution in [1.82, 2.24) is 58.5 Å². The molecule has 0 aromatic carbocycles. The fraction of sp³-hybridized carbons (Fsp3) is 0.769. The van der Waals surface area contributed by atoms with Gasteiger partial charge in [-0.05, 0) is 122 Å². The third kappa shape index (κ3) is 33.0. The number of aliphatic hydroxyl groups excluding tert-OH is 1. The summed E-state index contributed by atoms with van der Waals surface area (Å²) in [5.41, 5.74) is 13.3. The first-order valence-electron chi connectivity index (χ1n) is 34.2. The van der Waals surface area contributed by atoms with Gasteiger partial charge in [0.2, 0.25) is 47.3 Å². The zero-order chi connectivity index (χ0) is 72.7. The van der Waals surface area contributed by atoms with Crippen molar-refractivity contribution in [3.05, 3.63) is 12.2 Å². The predicted octanol–water partition coefficient (Wildman–Crippen LogP) is -4.03. The number of carboxylic acids is 1. The van der Waals surface area contributed by atoms with Crippen LogP contribution in [-0.4, -0.2) is 189 Å². The van der Waals surface area contributed by atoms with Crippen LogP contribution in [0, 0.1) is 17.8 Å². The van der Waals surface area contributed by atoms with Crippen LogP contribution in [0.4, 0.5) is 0 Å². The molecule has 0 radical (unpaired) electrons. The SMILES string of the molecule is CC[C@H](C)[C@H](NC(=O)[C@H](CC[Se]C)NC(C)=O)C(=O)N[C@@H](CCCC[NH3+])C(=O)N[C@@H](CC(C)C)C(=O)N[C@@]1(C)CCC/C=C\CCC[C@@](C)(C(=O)N[C@@H](CCC(N)=O)C(=O)N[C@@H](CCCC[NH3+])C(=O)[O-])NC(=O)[C@H](CCCC[NH3+])NC(=O)[C@H](CC(C)C)NC(=O)[C@H](CO)NC1=O. The van der Waals surface area contributed by atoms with Crippen LogP contribution in [0.25, 0.3) is 0 Å². The summed E-state index contributed by atoms with van der Waals surface area (Å²) < 4.78 is 0. The van der Waals surface area contributed by atoms with Crippen LogP contribution in [0.3, 0.4) is 0 Å². The molecule has 0 aromatic heterocycles. The van der Waals surface area contributed by atoms with E-state index in [2.05, 4.69) is 75.7 Å². The summed E-state index contributed by atoms with van der Waals surface area (Å²) in [7, 11) is 0. The number of hydrogen-bond acceptors (Lipinski definition) is 15. The smallest absolute Gasteiger partial charge is 0.548 e. The van der Waals surface area contributed by atoms with Crippen LogP contribution >= 0.6 is 0 Å². The molecule has 0 aromatic rings. The first-order chi connectivity index (χ1) is 45.3. The summed E-state index contributed by atoms with van der Waals surface area (Å²) in [5.74, 6) is -9.73. The molecule has 96 heavy (non-hydrogen) atoms. The average Bonchev–Trinajstić information content (AvgIpc) is 0.863. The van der Waals surface area contributed by atoms with Gasteiger partial charge in [0.1, 0.15) is 35.2 Å². The van der Waals surface area contributed by atoms with E-state index in [-0.39, 0.29) is 97.4 Å². The number of unbranched alkanes of at least 4 members (excludes halogenated alkanes) is 3. The average molecular weight is 1430 g/mol. The van der Waals surface area contributed by atoms with Crippen molar-refractivity contribution in [2.75, 3.05) is 26.2 Å². The number of nitrogens with one attached hydrogen (secondary N) is 11. The Balaban J connectivity index is 3.97. The van der Waals surface area contributed by atoms with Crippen molar-refractivity contribution < 1.29 is 89.7 Å². The van der Waals surface area contributed by atoms with Crippen LogP contribution in [0.1, 0.15) is 197 Å². The number of carbonyl (C=O) groups is 13. The molecular formula is C65H119N15O15Se+2. The number of aliphatic carboxylic acids is 1. The number of quaternary nitrogens is 3. The zero-order valence-corrected chi connectivity index (χ0v) is 60.5. The molecule has 23 N–H and O–H groups in total. The Labute approximate surface area is 573 Å². The van der Waals surface area contributed by atoms with Crippen molar-refractivity contribution in [3.8, 4) is 0 Å². The molecule has 0 aliphatic carbocycles. The van der Waals surface area contributed by atoms with Crippen molar-refractivity contribution in [1.29, 1.82) is 0 Å². The number of rotatable bonds is 39. The van der Waals surface area contributed by atoms with E-state index in [1.54, 1.807) is 32.9 Å². The molecular weight excluding hydrogens is 1310 g/mol. The van der Waals surface area contributed by atoms with Crippen LogP contribution in [0.2, 0.25) is 11.1 Å². The molecule has 0 spiro atoms. The summed E-state index contributed by atoms with van der Waals surface area (Å²) in [6, 6.07) is -11.9. The molecule has 12 amide bonds. The number of amides is 12. The van der Waals surface area contributed by atoms with Crippen molar-refractivity contribution >= 4 is 91.8 Å². The predicted molar refractivity (Wildman–Crippen MR) is 358 cm³/mol. The Morgan fingerprint density at radius 2 is 1.16 bits per heavy atom. The second-order valence-electron chi connectivity index (χ2n) is 26.5.